The van der Waals surface area contributed by atoms with Gasteiger partial charge in [0.15, 0.2) is 0 Å². The normalized spacial score (nSPS) is 15.9. The van der Waals surface area contributed by atoms with E-state index >= 15 is 0 Å². The minimum atomic E-state index is -1.01. The van der Waals surface area contributed by atoms with Crippen molar-refractivity contribution in [1.82, 2.24) is 0 Å². The standard InChI is InChI=1S/C23H24FNO3S/c1-16-20(10-13-28-25-11-3-12-26)23-15-18(24)6-9-21(23)22(16)14-17-4-7-19(8-5-17)29(2)27/h4-9,11,14-15,26H,3,10,12-13H2,1-2H3/b22-14-,25-11?. The van der Waals surface area contributed by atoms with E-state index in [0.29, 0.717) is 19.4 Å². The van der Waals surface area contributed by atoms with Gasteiger partial charge in [-0.15, -0.1) is 0 Å². The van der Waals surface area contributed by atoms with Gasteiger partial charge in [-0.2, -0.15) is 0 Å². The Kier molecular flexibility index (Phi) is 7.12. The van der Waals surface area contributed by atoms with Crippen molar-refractivity contribution in [2.45, 2.75) is 24.7 Å². The van der Waals surface area contributed by atoms with Gasteiger partial charge < -0.3 is 9.94 Å². The van der Waals surface area contributed by atoms with Gasteiger partial charge in [-0.3, -0.25) is 4.21 Å². The molecule has 0 heterocycles. The van der Waals surface area contributed by atoms with Gasteiger partial charge in [0, 0.05) is 47.6 Å². The number of nitrogens with zero attached hydrogens (tertiary/aromatic N) is 1. The summed E-state index contributed by atoms with van der Waals surface area (Å²) in [5.41, 5.74) is 6.03. The summed E-state index contributed by atoms with van der Waals surface area (Å²) in [4.78, 5) is 6.05. The number of halogens is 1. The van der Waals surface area contributed by atoms with Crippen molar-refractivity contribution >= 4 is 34.2 Å². The van der Waals surface area contributed by atoms with Crippen LogP contribution >= 0.6 is 0 Å². The molecule has 2 aromatic rings. The van der Waals surface area contributed by atoms with Crippen LogP contribution in [-0.2, 0) is 15.6 Å². The van der Waals surface area contributed by atoms with Crippen molar-refractivity contribution in [3.63, 3.8) is 0 Å². The van der Waals surface area contributed by atoms with Crippen molar-refractivity contribution in [2.75, 3.05) is 19.5 Å². The predicted octanol–water partition coefficient (Wildman–Crippen LogP) is 4.67. The van der Waals surface area contributed by atoms with Gasteiger partial charge in [-0.05, 0) is 70.7 Å². The molecule has 0 aromatic heterocycles. The Morgan fingerprint density at radius 1 is 1.17 bits per heavy atom. The first-order valence-corrected chi connectivity index (χ1v) is 11.0. The predicted molar refractivity (Wildman–Crippen MR) is 116 cm³/mol. The molecule has 6 heteroatoms. The zero-order chi connectivity index (χ0) is 20.8. The highest BCUT2D eigenvalue weighted by atomic mass is 32.2. The van der Waals surface area contributed by atoms with Gasteiger partial charge in [0.1, 0.15) is 12.4 Å². The molecule has 0 saturated carbocycles. The summed E-state index contributed by atoms with van der Waals surface area (Å²) in [6.45, 7) is 2.44. The van der Waals surface area contributed by atoms with E-state index in [4.69, 9.17) is 9.94 Å². The quantitative estimate of drug-likeness (QED) is 0.389. The third kappa shape index (κ3) is 5.08. The maximum Gasteiger partial charge on any atom is 0.123 e. The second kappa shape index (κ2) is 9.76. The number of aliphatic hydroxyl groups excluding tert-OH is 1. The molecule has 0 amide bonds. The lowest BCUT2D eigenvalue weighted by Crippen LogP contribution is -1.93. The van der Waals surface area contributed by atoms with Gasteiger partial charge in [0.05, 0.1) is 0 Å². The number of aliphatic hydroxyl groups is 1. The van der Waals surface area contributed by atoms with Crippen molar-refractivity contribution in [1.29, 1.82) is 0 Å². The summed E-state index contributed by atoms with van der Waals surface area (Å²) < 4.78 is 25.5. The van der Waals surface area contributed by atoms with Crippen LogP contribution < -0.4 is 0 Å². The molecular formula is C23H24FNO3S. The molecule has 0 aliphatic heterocycles. The lowest BCUT2D eigenvalue weighted by Gasteiger charge is -2.06. The van der Waals surface area contributed by atoms with E-state index in [1.54, 1.807) is 12.3 Å². The Morgan fingerprint density at radius 2 is 1.93 bits per heavy atom. The number of benzene rings is 2. The fraction of sp³-hybridized carbons (Fsp3) is 0.261. The van der Waals surface area contributed by atoms with Crippen LogP contribution in [0.3, 0.4) is 0 Å². The number of hydrogen-bond acceptors (Lipinski definition) is 4. The number of rotatable bonds is 8. The maximum absolute atomic E-state index is 13.9. The second-order valence-corrected chi connectivity index (χ2v) is 8.14. The van der Waals surface area contributed by atoms with Crippen molar-refractivity contribution in [3.8, 4) is 0 Å². The lowest BCUT2D eigenvalue weighted by molar-refractivity contribution is 0.151. The molecule has 1 unspecified atom stereocenters. The molecule has 0 saturated heterocycles. The number of oxime groups is 1. The molecule has 0 radical (unpaired) electrons. The van der Waals surface area contributed by atoms with E-state index < -0.39 is 10.8 Å². The van der Waals surface area contributed by atoms with E-state index in [9.17, 15) is 8.60 Å². The summed E-state index contributed by atoms with van der Waals surface area (Å²) in [6, 6.07) is 12.5. The van der Waals surface area contributed by atoms with Gasteiger partial charge >= 0.3 is 0 Å². The molecule has 1 aliphatic rings. The number of hydrogen-bond donors (Lipinski definition) is 1. The van der Waals surface area contributed by atoms with Crippen LogP contribution in [-0.4, -0.2) is 35.0 Å². The summed E-state index contributed by atoms with van der Waals surface area (Å²) in [6.07, 6.45) is 6.31. The molecule has 152 valence electrons. The minimum absolute atomic E-state index is 0.0348. The van der Waals surface area contributed by atoms with Gasteiger partial charge in [0.2, 0.25) is 0 Å². The molecule has 1 atom stereocenters. The second-order valence-electron chi connectivity index (χ2n) is 6.76. The molecule has 0 fully saturated rings. The number of fused-ring (bicyclic) bond motifs is 1. The van der Waals surface area contributed by atoms with E-state index in [0.717, 1.165) is 38.3 Å². The Hall–Kier alpha value is -2.57. The molecule has 0 bridgehead atoms. The van der Waals surface area contributed by atoms with E-state index in [1.165, 1.54) is 12.3 Å². The topological polar surface area (TPSA) is 58.9 Å². The highest BCUT2D eigenvalue weighted by Gasteiger charge is 2.24. The third-order valence-electron chi connectivity index (χ3n) is 4.83. The largest absolute Gasteiger partial charge is 0.396 e. The summed E-state index contributed by atoms with van der Waals surface area (Å²) in [5.74, 6) is -0.271. The lowest BCUT2D eigenvalue weighted by atomic mass is 10.0. The molecule has 0 spiro atoms. The molecular weight excluding hydrogens is 389 g/mol. The van der Waals surface area contributed by atoms with E-state index in [1.807, 2.05) is 37.3 Å². The number of allylic oxidation sites excluding steroid dienone is 2. The molecule has 4 nitrogen and oxygen atoms in total. The van der Waals surface area contributed by atoms with Crippen LogP contribution in [0.25, 0.3) is 17.2 Å². The van der Waals surface area contributed by atoms with Gasteiger partial charge in [-0.25, -0.2) is 4.39 Å². The van der Waals surface area contributed by atoms with Crippen LogP contribution in [0.5, 0.6) is 0 Å². The first kappa shape index (κ1) is 21.1. The first-order chi connectivity index (χ1) is 14.0. The Labute approximate surface area is 172 Å². The molecule has 2 aromatic carbocycles. The summed E-state index contributed by atoms with van der Waals surface area (Å²) in [5, 5.41) is 12.6. The minimum Gasteiger partial charge on any atom is -0.396 e. The van der Waals surface area contributed by atoms with Gasteiger partial charge in [-0.1, -0.05) is 23.4 Å². The Balaban J connectivity index is 1.88. The van der Waals surface area contributed by atoms with Crippen LogP contribution in [0.2, 0.25) is 0 Å². The molecule has 29 heavy (non-hydrogen) atoms. The average molecular weight is 414 g/mol. The smallest absolute Gasteiger partial charge is 0.123 e. The molecule has 1 aliphatic carbocycles. The Morgan fingerprint density at radius 3 is 2.62 bits per heavy atom. The van der Waals surface area contributed by atoms with Crippen LogP contribution in [0.15, 0.2) is 58.1 Å². The molecule has 1 N–H and O–H groups in total. The highest BCUT2D eigenvalue weighted by Crippen LogP contribution is 2.43. The van der Waals surface area contributed by atoms with E-state index in [-0.39, 0.29) is 12.4 Å². The molecule has 3 rings (SSSR count). The third-order valence-corrected chi connectivity index (χ3v) is 5.76. The zero-order valence-electron chi connectivity index (χ0n) is 16.5. The van der Waals surface area contributed by atoms with Crippen molar-refractivity contribution in [2.24, 2.45) is 5.16 Å². The van der Waals surface area contributed by atoms with Crippen LogP contribution in [0, 0.1) is 5.82 Å². The van der Waals surface area contributed by atoms with Crippen molar-refractivity contribution in [3.05, 3.63) is 70.5 Å². The Bertz CT molecular complexity index is 994. The van der Waals surface area contributed by atoms with E-state index in [2.05, 4.69) is 11.2 Å². The fourth-order valence-corrected chi connectivity index (χ4v) is 3.88. The average Bonchev–Trinajstić information content (AvgIpc) is 2.96. The SMILES string of the molecule is CC1=C(CCON=CCCO)c2cc(F)ccc2/C1=C\c1ccc(S(C)=O)cc1. The van der Waals surface area contributed by atoms with Crippen molar-refractivity contribution < 1.29 is 18.5 Å². The fourth-order valence-electron chi connectivity index (χ4n) is 3.36. The highest BCUT2D eigenvalue weighted by molar-refractivity contribution is 7.84. The maximum atomic E-state index is 13.9. The first-order valence-electron chi connectivity index (χ1n) is 9.41. The monoisotopic (exact) mass is 413 g/mol. The summed E-state index contributed by atoms with van der Waals surface area (Å²) >= 11 is 0. The zero-order valence-corrected chi connectivity index (χ0v) is 17.3. The van der Waals surface area contributed by atoms with Crippen LogP contribution in [0.4, 0.5) is 4.39 Å². The van der Waals surface area contributed by atoms with Crippen LogP contribution in [0.1, 0.15) is 36.5 Å². The summed E-state index contributed by atoms with van der Waals surface area (Å²) in [7, 11) is -1.01. The van der Waals surface area contributed by atoms with Gasteiger partial charge in [0.25, 0.3) is 0 Å².